The monoisotopic (exact) mass is 405 g/mol. The molecule has 1 heterocycles. The molecule has 134 valence electrons. The van der Waals surface area contributed by atoms with E-state index in [4.69, 9.17) is 11.6 Å². The molecule has 2 atom stereocenters. The Kier molecular flexibility index (Phi) is 6.28. The van der Waals surface area contributed by atoms with Crippen LogP contribution in [-0.4, -0.2) is 17.0 Å². The molecule has 0 aliphatic carbocycles. The molecule has 1 amide bonds. The Bertz CT molecular complexity index is 971. The Labute approximate surface area is 161 Å². The molecule has 2 unspecified atom stereocenters. The Morgan fingerprint density at radius 3 is 2.77 bits per heavy atom. The van der Waals surface area contributed by atoms with E-state index in [2.05, 4.69) is 5.32 Å². The average Bonchev–Trinajstić information content (AvgIpc) is 3.03. The van der Waals surface area contributed by atoms with Gasteiger partial charge in [0.25, 0.3) is 0 Å². The largest absolute Gasteiger partial charge is 0.346 e. The number of halogens is 1. The first-order valence-electron chi connectivity index (χ1n) is 7.95. The topological polar surface area (TPSA) is 66.4 Å². The van der Waals surface area contributed by atoms with Gasteiger partial charge in [0.05, 0.1) is 5.92 Å². The predicted molar refractivity (Wildman–Crippen MR) is 109 cm³/mol. The molecule has 0 radical (unpaired) electrons. The SMILES string of the molecule is O=C(N/C=C/c1ccccc1)C(C[PH](=O)O)c1csc2ccc(Cl)cc12. The van der Waals surface area contributed by atoms with Crippen molar-refractivity contribution >= 4 is 53.0 Å². The molecular formula is C19H17ClNO3PS. The van der Waals surface area contributed by atoms with Gasteiger partial charge in [-0.05, 0) is 46.2 Å². The third kappa shape index (κ3) is 4.63. The van der Waals surface area contributed by atoms with Crippen LogP contribution in [0.25, 0.3) is 16.2 Å². The minimum Gasteiger partial charge on any atom is -0.346 e. The van der Waals surface area contributed by atoms with Crippen LogP contribution in [0.4, 0.5) is 0 Å². The highest BCUT2D eigenvalue weighted by Crippen LogP contribution is 2.36. The number of hydrogen-bond donors (Lipinski definition) is 2. The number of carbonyl (C=O) groups excluding carboxylic acids is 1. The smallest absolute Gasteiger partial charge is 0.232 e. The minimum atomic E-state index is -2.82. The van der Waals surface area contributed by atoms with E-state index in [1.54, 1.807) is 24.4 Å². The molecule has 0 spiro atoms. The predicted octanol–water partition coefficient (Wildman–Crippen LogP) is 4.89. The summed E-state index contributed by atoms with van der Waals surface area (Å²) in [6, 6.07) is 15.0. The third-order valence-corrected chi connectivity index (χ3v) is 5.91. The second kappa shape index (κ2) is 8.65. The minimum absolute atomic E-state index is 0.103. The highest BCUT2D eigenvalue weighted by Gasteiger charge is 2.25. The molecule has 0 fully saturated rings. The zero-order chi connectivity index (χ0) is 18.5. The first-order chi connectivity index (χ1) is 12.5. The summed E-state index contributed by atoms with van der Waals surface area (Å²) >= 11 is 7.56. The van der Waals surface area contributed by atoms with Crippen molar-refractivity contribution in [2.45, 2.75) is 5.92 Å². The number of rotatable bonds is 6. The molecule has 26 heavy (non-hydrogen) atoms. The maximum absolute atomic E-state index is 12.7. The normalized spacial score (nSPS) is 13.8. The van der Waals surface area contributed by atoms with Crippen LogP contribution in [0.5, 0.6) is 0 Å². The molecule has 3 rings (SSSR count). The summed E-state index contributed by atoms with van der Waals surface area (Å²) in [6.45, 7) is 0. The van der Waals surface area contributed by atoms with Gasteiger partial charge in [0.1, 0.15) is 0 Å². The van der Waals surface area contributed by atoms with Gasteiger partial charge in [-0.3, -0.25) is 9.36 Å². The van der Waals surface area contributed by atoms with Gasteiger partial charge in [0, 0.05) is 22.1 Å². The summed E-state index contributed by atoms with van der Waals surface area (Å²) in [5.41, 5.74) is 1.68. The molecule has 0 saturated heterocycles. The van der Waals surface area contributed by atoms with E-state index >= 15 is 0 Å². The van der Waals surface area contributed by atoms with Gasteiger partial charge in [-0.25, -0.2) is 0 Å². The number of thiophene rings is 1. The molecule has 2 N–H and O–H groups in total. The summed E-state index contributed by atoms with van der Waals surface area (Å²) in [6.07, 6.45) is 3.23. The van der Waals surface area contributed by atoms with Crippen molar-refractivity contribution in [2.75, 3.05) is 6.16 Å². The van der Waals surface area contributed by atoms with E-state index in [1.165, 1.54) is 11.3 Å². The van der Waals surface area contributed by atoms with Crippen molar-refractivity contribution in [3.05, 3.63) is 76.3 Å². The van der Waals surface area contributed by atoms with E-state index in [-0.39, 0.29) is 12.1 Å². The molecular weight excluding hydrogens is 389 g/mol. The number of benzene rings is 2. The van der Waals surface area contributed by atoms with E-state index in [0.29, 0.717) is 5.02 Å². The van der Waals surface area contributed by atoms with Crippen molar-refractivity contribution in [2.24, 2.45) is 0 Å². The van der Waals surface area contributed by atoms with Crippen LogP contribution in [0.2, 0.25) is 5.02 Å². The number of fused-ring (bicyclic) bond motifs is 1. The van der Waals surface area contributed by atoms with Crippen LogP contribution in [0, 0.1) is 0 Å². The maximum Gasteiger partial charge on any atom is 0.232 e. The van der Waals surface area contributed by atoms with Gasteiger partial charge < -0.3 is 10.2 Å². The Morgan fingerprint density at radius 2 is 2.04 bits per heavy atom. The van der Waals surface area contributed by atoms with Gasteiger partial charge in [-0.2, -0.15) is 0 Å². The third-order valence-electron chi connectivity index (χ3n) is 3.94. The van der Waals surface area contributed by atoms with Crippen molar-refractivity contribution in [1.29, 1.82) is 0 Å². The summed E-state index contributed by atoms with van der Waals surface area (Å²) in [7, 11) is -2.82. The first-order valence-corrected chi connectivity index (χ1v) is 10.8. The van der Waals surface area contributed by atoms with Gasteiger partial charge in [0.2, 0.25) is 5.91 Å². The quantitative estimate of drug-likeness (QED) is 0.573. The van der Waals surface area contributed by atoms with E-state index in [0.717, 1.165) is 21.2 Å². The van der Waals surface area contributed by atoms with Crippen LogP contribution in [0.1, 0.15) is 17.0 Å². The number of nitrogens with one attached hydrogen (secondary N) is 1. The number of amides is 1. The maximum atomic E-state index is 12.7. The lowest BCUT2D eigenvalue weighted by Crippen LogP contribution is -2.26. The number of carbonyl (C=O) groups is 1. The lowest BCUT2D eigenvalue weighted by molar-refractivity contribution is -0.121. The molecule has 0 aliphatic rings. The first kappa shape index (κ1) is 18.9. The van der Waals surface area contributed by atoms with Crippen molar-refractivity contribution < 1.29 is 14.3 Å². The summed E-state index contributed by atoms with van der Waals surface area (Å²) in [5.74, 6) is -1.02. The highest BCUT2D eigenvalue weighted by atomic mass is 35.5. The lowest BCUT2D eigenvalue weighted by atomic mass is 9.99. The molecule has 0 aliphatic heterocycles. The van der Waals surface area contributed by atoms with Gasteiger partial charge in [-0.15, -0.1) is 11.3 Å². The Hall–Kier alpha value is -1.91. The fourth-order valence-corrected chi connectivity index (χ4v) is 4.62. The fraction of sp³-hybridized carbons (Fsp3) is 0.105. The zero-order valence-electron chi connectivity index (χ0n) is 13.7. The van der Waals surface area contributed by atoms with Crippen molar-refractivity contribution in [3.63, 3.8) is 0 Å². The Balaban J connectivity index is 1.85. The van der Waals surface area contributed by atoms with Crippen molar-refractivity contribution in [1.82, 2.24) is 5.32 Å². The standard InChI is InChI=1S/C19H17ClNO3PS/c20-14-6-7-18-15(10-14)17(12-26-18)16(11-25(23)24)19(22)21-9-8-13-4-2-1-3-5-13/h1-10,12,16,25H,11H2,(H,21,22)(H,23,24)/b9-8+. The van der Waals surface area contributed by atoms with Crippen molar-refractivity contribution in [3.8, 4) is 0 Å². The Morgan fingerprint density at radius 1 is 1.27 bits per heavy atom. The second-order valence-electron chi connectivity index (χ2n) is 5.73. The molecule has 0 bridgehead atoms. The van der Waals surface area contributed by atoms with Gasteiger partial charge in [-0.1, -0.05) is 41.9 Å². The molecule has 3 aromatic rings. The summed E-state index contributed by atoms with van der Waals surface area (Å²) < 4.78 is 12.5. The van der Waals surface area contributed by atoms with Crippen LogP contribution in [0.3, 0.4) is 0 Å². The van der Waals surface area contributed by atoms with Crippen LogP contribution < -0.4 is 5.32 Å². The van der Waals surface area contributed by atoms with E-state index in [9.17, 15) is 14.3 Å². The average molecular weight is 406 g/mol. The van der Waals surface area contributed by atoms with Gasteiger partial charge in [0.15, 0.2) is 8.03 Å². The van der Waals surface area contributed by atoms with Crippen LogP contribution in [0.15, 0.2) is 60.1 Å². The van der Waals surface area contributed by atoms with Gasteiger partial charge >= 0.3 is 0 Å². The molecule has 7 heteroatoms. The van der Waals surface area contributed by atoms with Crippen LogP contribution >= 0.6 is 31.0 Å². The van der Waals surface area contributed by atoms with E-state index in [1.807, 2.05) is 41.8 Å². The highest BCUT2D eigenvalue weighted by molar-refractivity contribution is 7.38. The summed E-state index contributed by atoms with van der Waals surface area (Å²) in [4.78, 5) is 22.1. The fourth-order valence-electron chi connectivity index (χ4n) is 2.69. The zero-order valence-corrected chi connectivity index (χ0v) is 16.3. The second-order valence-corrected chi connectivity index (χ2v) is 8.28. The molecule has 1 aromatic heterocycles. The number of hydrogen-bond acceptors (Lipinski definition) is 3. The lowest BCUT2D eigenvalue weighted by Gasteiger charge is -2.14. The molecule has 0 saturated carbocycles. The van der Waals surface area contributed by atoms with Crippen LogP contribution in [-0.2, 0) is 9.36 Å². The van der Waals surface area contributed by atoms with E-state index < -0.39 is 13.9 Å². The summed E-state index contributed by atoms with van der Waals surface area (Å²) in [5, 5.41) is 5.99. The molecule has 2 aromatic carbocycles. The molecule has 4 nitrogen and oxygen atoms in total.